The Morgan fingerprint density at radius 3 is 2.02 bits per heavy atom. The Labute approximate surface area is 296 Å². The van der Waals surface area contributed by atoms with Gasteiger partial charge in [0.2, 0.25) is 5.91 Å². The number of fused-ring (bicyclic) bond motifs is 4. The molecule has 6 rings (SSSR count). The van der Waals surface area contributed by atoms with Crippen LogP contribution in [0.3, 0.4) is 0 Å². The van der Waals surface area contributed by atoms with Crippen LogP contribution in [0.25, 0.3) is 0 Å². The third-order valence-electron chi connectivity index (χ3n) is 9.72. The maximum atomic E-state index is 14.7. The molecule has 4 aromatic carbocycles. The van der Waals surface area contributed by atoms with Crippen molar-refractivity contribution >= 4 is 17.8 Å². The molecule has 4 aromatic rings. The molecule has 3 N–H and O–H groups in total. The highest BCUT2D eigenvalue weighted by atomic mass is 16.6. The molecule has 0 radical (unpaired) electrons. The van der Waals surface area contributed by atoms with E-state index in [0.717, 1.165) is 0 Å². The molecular formula is C40H42N2O9. The number of methoxy groups -OCH3 is 3. The van der Waals surface area contributed by atoms with Gasteiger partial charge < -0.3 is 39.4 Å². The number of ether oxygens (including phenoxy) is 5. The van der Waals surface area contributed by atoms with E-state index in [9.17, 15) is 19.5 Å². The normalized spacial score (nSPS) is 22.9. The number of rotatable bonds is 13. The summed E-state index contributed by atoms with van der Waals surface area (Å²) in [6, 6.07) is 28.6. The van der Waals surface area contributed by atoms with E-state index in [1.165, 1.54) is 21.1 Å². The SMILES string of the molecule is COc1ccc(C23Oc4cc(OC)cc(OC)c4C(O)(C(C(=O)NCCCCNC(=O)c4ccccc4)C2c2ccccc2)C3OC(C)=O)cc1. The van der Waals surface area contributed by atoms with Crippen molar-refractivity contribution in [3.63, 3.8) is 0 Å². The summed E-state index contributed by atoms with van der Waals surface area (Å²) in [6.07, 6.45) is -0.256. The zero-order valence-corrected chi connectivity index (χ0v) is 29.0. The predicted octanol–water partition coefficient (Wildman–Crippen LogP) is 4.86. The maximum Gasteiger partial charge on any atom is 0.303 e. The van der Waals surface area contributed by atoms with Crippen LogP contribution in [0.4, 0.5) is 0 Å². The zero-order chi connectivity index (χ0) is 36.2. The minimum atomic E-state index is -2.15. The van der Waals surface area contributed by atoms with E-state index >= 15 is 0 Å². The van der Waals surface area contributed by atoms with Crippen LogP contribution in [0.1, 0.15) is 52.7 Å². The number of amides is 2. The highest BCUT2D eigenvalue weighted by Crippen LogP contribution is 2.69. The quantitative estimate of drug-likeness (QED) is 0.132. The summed E-state index contributed by atoms with van der Waals surface area (Å²) in [6.45, 7) is 1.93. The number of aliphatic hydroxyl groups is 1. The molecule has 1 heterocycles. The Balaban J connectivity index is 1.43. The number of hydrogen-bond acceptors (Lipinski definition) is 9. The predicted molar refractivity (Wildman–Crippen MR) is 188 cm³/mol. The Morgan fingerprint density at radius 1 is 0.784 bits per heavy atom. The van der Waals surface area contributed by atoms with Crippen LogP contribution in [0.5, 0.6) is 23.0 Å². The van der Waals surface area contributed by atoms with Crippen LogP contribution in [0.15, 0.2) is 97.1 Å². The standard InChI is InChI=1S/C40H42N2O9/c1-25(43)50-38-39(46)34-31(49-4)23-30(48-3)24-32(34)51-40(38,28-17-19-29(47-2)20-18-28)33(26-13-7-5-8-14-26)35(39)37(45)42-22-12-11-21-41-36(44)27-15-9-6-10-16-27/h5-10,13-20,23-24,33,35,38,46H,11-12,21-22H2,1-4H3,(H,41,44)(H,42,45). The lowest BCUT2D eigenvalue weighted by molar-refractivity contribution is -0.195. The minimum Gasteiger partial charge on any atom is -0.497 e. The monoisotopic (exact) mass is 694 g/mol. The Hall–Kier alpha value is -5.55. The fourth-order valence-corrected chi connectivity index (χ4v) is 7.56. The average molecular weight is 695 g/mol. The first kappa shape index (κ1) is 35.3. The molecular weight excluding hydrogens is 652 g/mol. The lowest BCUT2D eigenvalue weighted by atomic mass is 9.75. The fourth-order valence-electron chi connectivity index (χ4n) is 7.56. The summed E-state index contributed by atoms with van der Waals surface area (Å²) in [4.78, 5) is 40.1. The Bertz CT molecular complexity index is 1870. The molecule has 2 amide bonds. The highest BCUT2D eigenvalue weighted by molar-refractivity contribution is 5.94. The third kappa shape index (κ3) is 6.33. The summed E-state index contributed by atoms with van der Waals surface area (Å²) in [5.74, 6) is -2.02. The third-order valence-corrected chi connectivity index (χ3v) is 9.72. The Kier molecular flexibility index (Phi) is 10.2. The maximum absolute atomic E-state index is 14.7. The molecule has 5 atom stereocenters. The van der Waals surface area contributed by atoms with Crippen LogP contribution in [-0.4, -0.2) is 63.4 Å². The second kappa shape index (κ2) is 14.7. The minimum absolute atomic E-state index is 0.170. The van der Waals surface area contributed by atoms with E-state index in [1.54, 1.807) is 67.8 Å². The molecule has 1 aliphatic heterocycles. The number of unbranched alkanes of at least 4 members (excludes halogenated alkanes) is 1. The number of carbonyl (C=O) groups is 3. The summed E-state index contributed by atoms with van der Waals surface area (Å²) in [5.41, 5.74) is -1.78. The van der Waals surface area contributed by atoms with Gasteiger partial charge in [0.15, 0.2) is 17.3 Å². The lowest BCUT2D eigenvalue weighted by Crippen LogP contribution is -2.57. The molecule has 11 heteroatoms. The van der Waals surface area contributed by atoms with Crippen molar-refractivity contribution in [1.82, 2.24) is 10.6 Å². The first-order chi connectivity index (χ1) is 24.7. The van der Waals surface area contributed by atoms with Crippen LogP contribution >= 0.6 is 0 Å². The summed E-state index contributed by atoms with van der Waals surface area (Å²) < 4.78 is 30.0. The van der Waals surface area contributed by atoms with Crippen LogP contribution in [-0.2, 0) is 25.5 Å². The van der Waals surface area contributed by atoms with Gasteiger partial charge in [0, 0.05) is 49.2 Å². The van der Waals surface area contributed by atoms with E-state index < -0.39 is 41.0 Å². The largest absolute Gasteiger partial charge is 0.497 e. The van der Waals surface area contributed by atoms with Crippen molar-refractivity contribution in [3.8, 4) is 23.0 Å². The molecule has 1 aliphatic carbocycles. The molecule has 0 spiro atoms. The van der Waals surface area contributed by atoms with Gasteiger partial charge in [-0.1, -0.05) is 60.7 Å². The number of esters is 1. The first-order valence-corrected chi connectivity index (χ1v) is 16.8. The van der Waals surface area contributed by atoms with E-state index in [0.29, 0.717) is 47.6 Å². The number of benzene rings is 4. The molecule has 2 bridgehead atoms. The summed E-state index contributed by atoms with van der Waals surface area (Å²) in [5, 5.41) is 19.3. The molecule has 266 valence electrons. The van der Waals surface area contributed by atoms with Gasteiger partial charge in [-0.25, -0.2) is 0 Å². The second-order valence-electron chi connectivity index (χ2n) is 12.6. The lowest BCUT2D eigenvalue weighted by Gasteiger charge is -2.46. The van der Waals surface area contributed by atoms with Gasteiger partial charge in [-0.05, 0) is 42.7 Å². The van der Waals surface area contributed by atoms with E-state index in [-0.39, 0.29) is 29.5 Å². The second-order valence-corrected chi connectivity index (χ2v) is 12.6. The average Bonchev–Trinajstić information content (AvgIpc) is 3.30. The molecule has 0 aromatic heterocycles. The molecule has 5 unspecified atom stereocenters. The van der Waals surface area contributed by atoms with Crippen molar-refractivity contribution in [1.29, 1.82) is 0 Å². The van der Waals surface area contributed by atoms with Gasteiger partial charge in [-0.2, -0.15) is 0 Å². The number of carbonyl (C=O) groups excluding carboxylic acids is 3. The van der Waals surface area contributed by atoms with Gasteiger partial charge in [0.25, 0.3) is 5.91 Å². The molecule has 1 saturated carbocycles. The topological polar surface area (TPSA) is 142 Å². The van der Waals surface area contributed by atoms with Gasteiger partial charge in [-0.15, -0.1) is 0 Å². The van der Waals surface area contributed by atoms with Gasteiger partial charge >= 0.3 is 5.97 Å². The summed E-state index contributed by atoms with van der Waals surface area (Å²) in [7, 11) is 4.50. The van der Waals surface area contributed by atoms with Crippen molar-refractivity contribution < 1.29 is 43.2 Å². The van der Waals surface area contributed by atoms with Crippen molar-refractivity contribution in [2.75, 3.05) is 34.4 Å². The zero-order valence-electron chi connectivity index (χ0n) is 29.0. The van der Waals surface area contributed by atoms with Crippen LogP contribution < -0.4 is 29.6 Å². The molecule has 11 nitrogen and oxygen atoms in total. The van der Waals surface area contributed by atoms with Gasteiger partial charge in [0.05, 0.1) is 32.8 Å². The van der Waals surface area contributed by atoms with Crippen LogP contribution in [0, 0.1) is 5.92 Å². The van der Waals surface area contributed by atoms with Crippen molar-refractivity contribution in [2.45, 2.75) is 43.0 Å². The molecule has 2 aliphatic rings. The first-order valence-electron chi connectivity index (χ1n) is 16.8. The highest BCUT2D eigenvalue weighted by Gasteiger charge is 2.78. The smallest absolute Gasteiger partial charge is 0.303 e. The molecule has 1 fully saturated rings. The summed E-state index contributed by atoms with van der Waals surface area (Å²) >= 11 is 0. The van der Waals surface area contributed by atoms with E-state index in [1.807, 2.05) is 36.4 Å². The number of hydrogen-bond donors (Lipinski definition) is 3. The van der Waals surface area contributed by atoms with E-state index in [2.05, 4.69) is 10.6 Å². The van der Waals surface area contributed by atoms with Crippen molar-refractivity contribution in [3.05, 3.63) is 119 Å². The Morgan fingerprint density at radius 2 is 1.41 bits per heavy atom. The molecule has 51 heavy (non-hydrogen) atoms. The van der Waals surface area contributed by atoms with E-state index in [4.69, 9.17) is 23.7 Å². The fraction of sp³-hybridized carbons (Fsp3) is 0.325. The van der Waals surface area contributed by atoms with Crippen LogP contribution in [0.2, 0.25) is 0 Å². The van der Waals surface area contributed by atoms with Crippen molar-refractivity contribution in [2.24, 2.45) is 5.92 Å². The molecule has 0 saturated heterocycles. The van der Waals surface area contributed by atoms with Gasteiger partial charge in [-0.3, -0.25) is 14.4 Å². The van der Waals surface area contributed by atoms with Gasteiger partial charge in [0.1, 0.15) is 23.0 Å². The number of nitrogens with one attached hydrogen (secondary N) is 2.